The first-order chi connectivity index (χ1) is 6.24. The molecule has 0 atom stereocenters. The van der Waals surface area contributed by atoms with Crippen LogP contribution in [0.4, 0.5) is 0 Å². The fourth-order valence-corrected chi connectivity index (χ4v) is 1.29. The maximum Gasteiger partial charge on any atom is 0.122 e. The van der Waals surface area contributed by atoms with E-state index in [1.54, 1.807) is 0 Å². The van der Waals surface area contributed by atoms with Gasteiger partial charge in [0.25, 0.3) is 0 Å². The Morgan fingerprint density at radius 3 is 2.62 bits per heavy atom. The van der Waals surface area contributed by atoms with Crippen LogP contribution >= 0.6 is 0 Å². The van der Waals surface area contributed by atoms with Crippen molar-refractivity contribution in [2.75, 3.05) is 6.61 Å². The lowest BCUT2D eigenvalue weighted by Gasteiger charge is -2.08. The molecule has 0 spiro atoms. The minimum absolute atomic E-state index is 0.834. The Labute approximate surface area is 80.7 Å². The highest BCUT2D eigenvalue weighted by Crippen LogP contribution is 2.18. The van der Waals surface area contributed by atoms with Gasteiger partial charge in [0.2, 0.25) is 0 Å². The van der Waals surface area contributed by atoms with E-state index in [4.69, 9.17) is 4.74 Å². The third-order valence-corrected chi connectivity index (χ3v) is 2.09. The Bertz CT molecular complexity index is 266. The predicted molar refractivity (Wildman–Crippen MR) is 56.3 cm³/mol. The van der Waals surface area contributed by atoms with Crippen molar-refractivity contribution in [2.45, 2.75) is 33.6 Å². The molecule has 1 aromatic carbocycles. The van der Waals surface area contributed by atoms with Crippen LogP contribution in [0.15, 0.2) is 18.2 Å². The summed E-state index contributed by atoms with van der Waals surface area (Å²) < 4.78 is 5.63. The molecule has 0 bridgehead atoms. The molecule has 1 nitrogen and oxygen atoms in total. The molecule has 72 valence electrons. The fraction of sp³-hybridized carbons (Fsp3) is 0.500. The predicted octanol–water partition coefficient (Wildman–Crippen LogP) is 3.48. The summed E-state index contributed by atoms with van der Waals surface area (Å²) in [6.07, 6.45) is 2.32. The first kappa shape index (κ1) is 10.1. The van der Waals surface area contributed by atoms with Crippen molar-refractivity contribution in [3.8, 4) is 5.75 Å². The van der Waals surface area contributed by atoms with E-state index in [1.165, 1.54) is 17.5 Å². The standard InChI is InChI=1S/C12H18O/c1-4-5-8-13-12-7-6-10(2)9-11(12)3/h6-7,9H,4-5,8H2,1-3H3. The Hall–Kier alpha value is -0.980. The van der Waals surface area contributed by atoms with E-state index in [1.807, 2.05) is 0 Å². The first-order valence-corrected chi connectivity index (χ1v) is 4.94. The zero-order valence-corrected chi connectivity index (χ0v) is 8.76. The molecule has 1 heteroatoms. The average molecular weight is 178 g/mol. The van der Waals surface area contributed by atoms with E-state index in [-0.39, 0.29) is 0 Å². The molecular formula is C12H18O. The van der Waals surface area contributed by atoms with Crippen molar-refractivity contribution in [2.24, 2.45) is 0 Å². The summed E-state index contributed by atoms with van der Waals surface area (Å²) in [5.41, 5.74) is 2.52. The van der Waals surface area contributed by atoms with Gasteiger partial charge in [-0.2, -0.15) is 0 Å². The van der Waals surface area contributed by atoms with E-state index in [0.29, 0.717) is 0 Å². The largest absolute Gasteiger partial charge is 0.493 e. The summed E-state index contributed by atoms with van der Waals surface area (Å²) in [5.74, 6) is 1.03. The van der Waals surface area contributed by atoms with Gasteiger partial charge in [-0.1, -0.05) is 31.0 Å². The van der Waals surface area contributed by atoms with Crippen molar-refractivity contribution in [1.29, 1.82) is 0 Å². The van der Waals surface area contributed by atoms with Crippen LogP contribution in [0, 0.1) is 13.8 Å². The molecule has 0 aliphatic carbocycles. The highest BCUT2D eigenvalue weighted by atomic mass is 16.5. The summed E-state index contributed by atoms with van der Waals surface area (Å²) >= 11 is 0. The molecule has 0 aliphatic heterocycles. The summed E-state index contributed by atoms with van der Waals surface area (Å²) in [6, 6.07) is 6.30. The number of hydrogen-bond acceptors (Lipinski definition) is 1. The zero-order valence-electron chi connectivity index (χ0n) is 8.76. The van der Waals surface area contributed by atoms with Crippen LogP contribution in [0.25, 0.3) is 0 Å². The molecule has 0 amide bonds. The van der Waals surface area contributed by atoms with Crippen LogP contribution in [0.3, 0.4) is 0 Å². The molecule has 0 aromatic heterocycles. The van der Waals surface area contributed by atoms with E-state index < -0.39 is 0 Å². The smallest absolute Gasteiger partial charge is 0.122 e. The molecule has 0 heterocycles. The van der Waals surface area contributed by atoms with Gasteiger partial charge in [0, 0.05) is 0 Å². The second kappa shape index (κ2) is 4.90. The molecule has 0 unspecified atom stereocenters. The van der Waals surface area contributed by atoms with Crippen LogP contribution in [0.1, 0.15) is 30.9 Å². The normalized spacial score (nSPS) is 10.1. The summed E-state index contributed by atoms with van der Waals surface area (Å²) in [7, 11) is 0. The SMILES string of the molecule is CCCCOc1ccc(C)cc1C. The molecule has 0 radical (unpaired) electrons. The van der Waals surface area contributed by atoms with E-state index in [9.17, 15) is 0 Å². The number of ether oxygens (including phenoxy) is 1. The Balaban J connectivity index is 2.56. The second-order valence-corrected chi connectivity index (χ2v) is 3.47. The van der Waals surface area contributed by atoms with E-state index in [0.717, 1.165) is 18.8 Å². The quantitative estimate of drug-likeness (QED) is 0.641. The Kier molecular flexibility index (Phi) is 3.81. The van der Waals surface area contributed by atoms with Gasteiger partial charge in [-0.15, -0.1) is 0 Å². The number of unbranched alkanes of at least 4 members (excludes halogenated alkanes) is 1. The molecule has 13 heavy (non-hydrogen) atoms. The fourth-order valence-electron chi connectivity index (χ4n) is 1.29. The number of aryl methyl sites for hydroxylation is 2. The van der Waals surface area contributed by atoms with Gasteiger partial charge in [0.15, 0.2) is 0 Å². The maximum atomic E-state index is 5.63. The van der Waals surface area contributed by atoms with Gasteiger partial charge < -0.3 is 4.74 Å². The van der Waals surface area contributed by atoms with E-state index in [2.05, 4.69) is 39.0 Å². The van der Waals surface area contributed by atoms with Gasteiger partial charge >= 0.3 is 0 Å². The van der Waals surface area contributed by atoms with Crippen molar-refractivity contribution in [1.82, 2.24) is 0 Å². The van der Waals surface area contributed by atoms with Gasteiger partial charge in [-0.05, 0) is 31.9 Å². The monoisotopic (exact) mass is 178 g/mol. The van der Waals surface area contributed by atoms with Gasteiger partial charge in [-0.3, -0.25) is 0 Å². The van der Waals surface area contributed by atoms with Gasteiger partial charge in [0.1, 0.15) is 5.75 Å². The van der Waals surface area contributed by atoms with Crippen LogP contribution in [-0.2, 0) is 0 Å². The molecule has 0 aliphatic rings. The zero-order chi connectivity index (χ0) is 9.68. The molecule has 1 aromatic rings. The maximum absolute atomic E-state index is 5.63. The van der Waals surface area contributed by atoms with Crippen LogP contribution in [0.2, 0.25) is 0 Å². The molecule has 0 saturated heterocycles. The van der Waals surface area contributed by atoms with Crippen molar-refractivity contribution < 1.29 is 4.74 Å². The number of hydrogen-bond donors (Lipinski definition) is 0. The molecule has 0 N–H and O–H groups in total. The third kappa shape index (κ3) is 3.10. The topological polar surface area (TPSA) is 9.23 Å². The van der Waals surface area contributed by atoms with Crippen LogP contribution in [0.5, 0.6) is 5.75 Å². The van der Waals surface area contributed by atoms with Gasteiger partial charge in [0.05, 0.1) is 6.61 Å². The third-order valence-electron chi connectivity index (χ3n) is 2.09. The lowest BCUT2D eigenvalue weighted by Crippen LogP contribution is -1.98. The molecular weight excluding hydrogens is 160 g/mol. The van der Waals surface area contributed by atoms with E-state index >= 15 is 0 Å². The summed E-state index contributed by atoms with van der Waals surface area (Å²) in [6.45, 7) is 7.20. The van der Waals surface area contributed by atoms with Crippen LogP contribution in [-0.4, -0.2) is 6.61 Å². The second-order valence-electron chi connectivity index (χ2n) is 3.47. The van der Waals surface area contributed by atoms with Gasteiger partial charge in [-0.25, -0.2) is 0 Å². The first-order valence-electron chi connectivity index (χ1n) is 4.94. The molecule has 0 fully saturated rings. The van der Waals surface area contributed by atoms with Crippen molar-refractivity contribution >= 4 is 0 Å². The lowest BCUT2D eigenvalue weighted by atomic mass is 10.1. The minimum Gasteiger partial charge on any atom is -0.493 e. The molecule has 1 rings (SSSR count). The summed E-state index contributed by atoms with van der Waals surface area (Å²) in [4.78, 5) is 0. The van der Waals surface area contributed by atoms with Crippen LogP contribution < -0.4 is 4.74 Å². The highest BCUT2D eigenvalue weighted by molar-refractivity contribution is 5.35. The Morgan fingerprint density at radius 1 is 1.23 bits per heavy atom. The number of benzene rings is 1. The highest BCUT2D eigenvalue weighted by Gasteiger charge is 1.97. The number of rotatable bonds is 4. The molecule has 0 saturated carbocycles. The average Bonchev–Trinajstić information content (AvgIpc) is 2.09. The summed E-state index contributed by atoms with van der Waals surface area (Å²) in [5, 5.41) is 0. The lowest BCUT2D eigenvalue weighted by molar-refractivity contribution is 0.307. The van der Waals surface area contributed by atoms with Crippen molar-refractivity contribution in [3.05, 3.63) is 29.3 Å². The van der Waals surface area contributed by atoms with Crippen molar-refractivity contribution in [3.63, 3.8) is 0 Å². The Morgan fingerprint density at radius 2 is 2.00 bits per heavy atom. The minimum atomic E-state index is 0.834.